The monoisotopic (exact) mass is 262 g/mol. The van der Waals surface area contributed by atoms with Gasteiger partial charge in [0.2, 0.25) is 0 Å². The highest BCUT2D eigenvalue weighted by atomic mass is 15.1. The van der Waals surface area contributed by atoms with Gasteiger partial charge in [0, 0.05) is 25.8 Å². The van der Waals surface area contributed by atoms with Crippen LogP contribution in [0.1, 0.15) is 37.8 Å². The molecule has 2 heteroatoms. The molecular formula is C17H30N2. The van der Waals surface area contributed by atoms with Gasteiger partial charge in [0.25, 0.3) is 0 Å². The van der Waals surface area contributed by atoms with E-state index in [9.17, 15) is 0 Å². The zero-order valence-electron chi connectivity index (χ0n) is 13.5. The van der Waals surface area contributed by atoms with E-state index in [4.69, 9.17) is 0 Å². The molecule has 0 saturated carbocycles. The average Bonchev–Trinajstić information content (AvgIpc) is 2.28. The first-order valence-electron chi connectivity index (χ1n) is 7.35. The lowest BCUT2D eigenvalue weighted by Gasteiger charge is -2.35. The van der Waals surface area contributed by atoms with E-state index in [2.05, 4.69) is 63.2 Å². The van der Waals surface area contributed by atoms with Crippen LogP contribution in [0.3, 0.4) is 0 Å². The van der Waals surface area contributed by atoms with Crippen LogP contribution in [-0.2, 0) is 0 Å². The maximum atomic E-state index is 3.35. The van der Waals surface area contributed by atoms with Crippen molar-refractivity contribution in [3.05, 3.63) is 29.3 Å². The molecule has 0 aliphatic carbocycles. The third kappa shape index (κ3) is 4.54. The summed E-state index contributed by atoms with van der Waals surface area (Å²) in [6, 6.07) is 6.71. The second-order valence-corrected chi connectivity index (χ2v) is 6.24. The number of rotatable bonds is 7. The van der Waals surface area contributed by atoms with Crippen molar-refractivity contribution in [3.63, 3.8) is 0 Å². The van der Waals surface area contributed by atoms with Crippen LogP contribution in [0, 0.1) is 19.3 Å². The first-order valence-corrected chi connectivity index (χ1v) is 7.35. The quantitative estimate of drug-likeness (QED) is 0.805. The molecule has 19 heavy (non-hydrogen) atoms. The lowest BCUT2D eigenvalue weighted by atomic mass is 9.84. The van der Waals surface area contributed by atoms with E-state index in [1.165, 1.54) is 29.7 Å². The highest BCUT2D eigenvalue weighted by Gasteiger charge is 2.24. The molecule has 0 bridgehead atoms. The number of benzene rings is 1. The molecule has 1 unspecified atom stereocenters. The summed E-state index contributed by atoms with van der Waals surface area (Å²) in [4.78, 5) is 2.40. The van der Waals surface area contributed by atoms with Gasteiger partial charge in [-0.15, -0.1) is 0 Å². The van der Waals surface area contributed by atoms with Gasteiger partial charge in [0.15, 0.2) is 0 Å². The molecule has 0 fully saturated rings. The van der Waals surface area contributed by atoms with Gasteiger partial charge in [0.05, 0.1) is 0 Å². The van der Waals surface area contributed by atoms with E-state index in [0.717, 1.165) is 13.1 Å². The zero-order valence-corrected chi connectivity index (χ0v) is 13.5. The van der Waals surface area contributed by atoms with E-state index < -0.39 is 0 Å². The first-order chi connectivity index (χ1) is 8.91. The van der Waals surface area contributed by atoms with Gasteiger partial charge >= 0.3 is 0 Å². The maximum absolute atomic E-state index is 3.35. The second-order valence-electron chi connectivity index (χ2n) is 6.24. The van der Waals surface area contributed by atoms with Crippen LogP contribution < -0.4 is 10.2 Å². The lowest BCUT2D eigenvalue weighted by molar-refractivity contribution is 0.292. The molecule has 0 spiro atoms. The minimum atomic E-state index is 0.329. The van der Waals surface area contributed by atoms with Crippen LogP contribution in [0.2, 0.25) is 0 Å². The number of nitrogens with one attached hydrogen (secondary N) is 1. The maximum Gasteiger partial charge on any atom is 0.0393 e. The van der Waals surface area contributed by atoms with Crippen molar-refractivity contribution in [2.75, 3.05) is 32.1 Å². The van der Waals surface area contributed by atoms with E-state index in [1.807, 2.05) is 7.05 Å². The fourth-order valence-corrected chi connectivity index (χ4v) is 3.15. The molecule has 1 atom stereocenters. The minimum absolute atomic E-state index is 0.329. The second kappa shape index (κ2) is 6.95. The summed E-state index contributed by atoms with van der Waals surface area (Å²) in [6.07, 6.45) is 2.49. The first kappa shape index (κ1) is 16.0. The Morgan fingerprint density at radius 1 is 1.26 bits per heavy atom. The van der Waals surface area contributed by atoms with Gasteiger partial charge in [0.1, 0.15) is 0 Å². The van der Waals surface area contributed by atoms with Gasteiger partial charge in [-0.1, -0.05) is 38.0 Å². The zero-order chi connectivity index (χ0) is 14.5. The van der Waals surface area contributed by atoms with Crippen LogP contribution in [0.4, 0.5) is 5.69 Å². The molecule has 1 aromatic carbocycles. The Morgan fingerprint density at radius 2 is 1.95 bits per heavy atom. The van der Waals surface area contributed by atoms with Gasteiger partial charge in [-0.3, -0.25) is 0 Å². The van der Waals surface area contributed by atoms with E-state index in [1.54, 1.807) is 0 Å². The summed E-state index contributed by atoms with van der Waals surface area (Å²) < 4.78 is 0. The highest BCUT2D eigenvalue weighted by molar-refractivity contribution is 5.53. The van der Waals surface area contributed by atoms with Gasteiger partial charge in [-0.2, -0.15) is 0 Å². The molecule has 1 rings (SSSR count). The number of hydrogen-bond acceptors (Lipinski definition) is 2. The summed E-state index contributed by atoms with van der Waals surface area (Å²) in [7, 11) is 4.26. The molecule has 0 aromatic heterocycles. The van der Waals surface area contributed by atoms with Gasteiger partial charge in [-0.05, 0) is 44.4 Å². The summed E-state index contributed by atoms with van der Waals surface area (Å²) in [6.45, 7) is 11.2. The minimum Gasteiger partial charge on any atom is -0.374 e. The summed E-state index contributed by atoms with van der Waals surface area (Å²) in [5.41, 5.74) is 4.38. The lowest BCUT2D eigenvalue weighted by Crippen LogP contribution is -2.40. The Hall–Kier alpha value is -1.02. The molecule has 0 saturated heterocycles. The predicted molar refractivity (Wildman–Crippen MR) is 86.1 cm³/mol. The number of nitrogens with zero attached hydrogens (tertiary/aromatic N) is 1. The van der Waals surface area contributed by atoms with E-state index in [-0.39, 0.29) is 0 Å². The molecule has 0 aliphatic heterocycles. The topological polar surface area (TPSA) is 15.3 Å². The molecule has 0 aliphatic rings. The van der Waals surface area contributed by atoms with Crippen LogP contribution in [0.5, 0.6) is 0 Å². The Morgan fingerprint density at radius 3 is 2.47 bits per heavy atom. The highest BCUT2D eigenvalue weighted by Crippen LogP contribution is 2.28. The van der Waals surface area contributed by atoms with E-state index in [0.29, 0.717) is 5.41 Å². The molecule has 0 amide bonds. The van der Waals surface area contributed by atoms with Crippen molar-refractivity contribution in [2.24, 2.45) is 5.41 Å². The molecule has 1 aromatic rings. The fraction of sp³-hybridized carbons (Fsp3) is 0.647. The normalized spacial score (nSPS) is 14.2. The van der Waals surface area contributed by atoms with Crippen molar-refractivity contribution in [2.45, 2.75) is 40.5 Å². The Labute approximate surface area is 119 Å². The van der Waals surface area contributed by atoms with Crippen LogP contribution in [0.25, 0.3) is 0 Å². The van der Waals surface area contributed by atoms with Crippen LogP contribution >= 0.6 is 0 Å². The van der Waals surface area contributed by atoms with Gasteiger partial charge in [-0.25, -0.2) is 0 Å². The van der Waals surface area contributed by atoms with Crippen molar-refractivity contribution in [1.29, 1.82) is 0 Å². The molecule has 108 valence electrons. The van der Waals surface area contributed by atoms with Crippen LogP contribution in [-0.4, -0.2) is 27.2 Å². The summed E-state index contributed by atoms with van der Waals surface area (Å²) in [5.74, 6) is 0. The fourth-order valence-electron chi connectivity index (χ4n) is 3.15. The number of anilines is 1. The van der Waals surface area contributed by atoms with Crippen LogP contribution in [0.15, 0.2) is 18.2 Å². The molecule has 1 N–H and O–H groups in total. The van der Waals surface area contributed by atoms with Crippen molar-refractivity contribution < 1.29 is 0 Å². The third-order valence-corrected chi connectivity index (χ3v) is 3.84. The SMILES string of the molecule is CCCC(C)(CNC)CN(C)c1ccc(C)cc1C. The average molecular weight is 262 g/mol. The van der Waals surface area contributed by atoms with Crippen molar-refractivity contribution in [1.82, 2.24) is 5.32 Å². The third-order valence-electron chi connectivity index (χ3n) is 3.84. The molecular weight excluding hydrogens is 232 g/mol. The molecule has 0 heterocycles. The number of aryl methyl sites for hydroxylation is 2. The summed E-state index contributed by atoms with van der Waals surface area (Å²) >= 11 is 0. The van der Waals surface area contributed by atoms with E-state index >= 15 is 0 Å². The Kier molecular flexibility index (Phi) is 5.86. The Balaban J connectivity index is 2.84. The largest absolute Gasteiger partial charge is 0.374 e. The molecule has 2 nitrogen and oxygen atoms in total. The molecule has 0 radical (unpaired) electrons. The summed E-state index contributed by atoms with van der Waals surface area (Å²) in [5, 5.41) is 3.35. The van der Waals surface area contributed by atoms with Gasteiger partial charge < -0.3 is 10.2 Å². The number of hydrogen-bond donors (Lipinski definition) is 1. The Bertz CT molecular complexity index is 392. The predicted octanol–water partition coefficient (Wildman–Crippen LogP) is 3.77. The van der Waals surface area contributed by atoms with Crippen molar-refractivity contribution in [3.8, 4) is 0 Å². The smallest absolute Gasteiger partial charge is 0.0393 e. The van der Waals surface area contributed by atoms with Crippen molar-refractivity contribution >= 4 is 5.69 Å². The standard InChI is InChI=1S/C17H30N2/c1-7-10-17(4,12-18-5)13-19(6)16-9-8-14(2)11-15(16)3/h8-9,11,18H,7,10,12-13H2,1-6H3.